The molecule has 1 aliphatic heterocycles. The molecule has 0 atom stereocenters. The van der Waals surface area contributed by atoms with Gasteiger partial charge in [-0.1, -0.05) is 12.1 Å². The maximum atomic E-state index is 11.3. The van der Waals surface area contributed by atoms with Crippen molar-refractivity contribution in [2.24, 2.45) is 16.3 Å². The van der Waals surface area contributed by atoms with Crippen LogP contribution in [-0.2, 0) is 10.0 Å². The minimum Gasteiger partial charge on any atom is -0.409 e. The Kier molecular flexibility index (Phi) is 3.25. The van der Waals surface area contributed by atoms with Crippen molar-refractivity contribution in [3.8, 4) is 0 Å². The van der Waals surface area contributed by atoms with Crippen LogP contribution in [0.5, 0.6) is 0 Å². The minimum atomic E-state index is -3.12. The first-order chi connectivity index (χ1) is 6.79. The number of amidine groups is 1. The third kappa shape index (κ3) is 2.60. The van der Waals surface area contributed by atoms with Crippen molar-refractivity contribution in [1.82, 2.24) is 4.31 Å². The van der Waals surface area contributed by atoms with Crippen LogP contribution in [0.4, 0.5) is 0 Å². The molecule has 3 N–H and O–H groups in total. The number of piperidine rings is 1. The molecular formula is C8H17N3O3S. The topological polar surface area (TPSA) is 96.0 Å². The Hall–Kier alpha value is -0.820. The SMILES string of the molecule is CC1(C(N)=NO)CCN(S(C)(=O)=O)CC1. The van der Waals surface area contributed by atoms with Crippen molar-refractivity contribution < 1.29 is 13.6 Å². The van der Waals surface area contributed by atoms with E-state index in [-0.39, 0.29) is 5.84 Å². The molecule has 0 bridgehead atoms. The zero-order valence-corrected chi connectivity index (χ0v) is 9.79. The summed E-state index contributed by atoms with van der Waals surface area (Å²) < 4.78 is 23.9. The molecule has 1 fully saturated rings. The second-order valence-electron chi connectivity index (χ2n) is 4.21. The Morgan fingerprint density at radius 2 is 1.93 bits per heavy atom. The standard InChI is InChI=1S/C8H17N3O3S/c1-8(7(9)10-12)3-5-11(6-4-8)15(2,13)14/h12H,3-6H2,1-2H3,(H2,9,10). The van der Waals surface area contributed by atoms with Gasteiger partial charge >= 0.3 is 0 Å². The van der Waals surface area contributed by atoms with E-state index in [1.165, 1.54) is 10.6 Å². The zero-order valence-electron chi connectivity index (χ0n) is 8.97. The molecule has 0 aromatic carbocycles. The highest BCUT2D eigenvalue weighted by atomic mass is 32.2. The first kappa shape index (κ1) is 12.3. The van der Waals surface area contributed by atoms with Gasteiger partial charge in [0, 0.05) is 18.5 Å². The fourth-order valence-corrected chi connectivity index (χ4v) is 2.53. The Labute approximate surface area is 89.8 Å². The highest BCUT2D eigenvalue weighted by Gasteiger charge is 2.36. The lowest BCUT2D eigenvalue weighted by atomic mass is 9.80. The highest BCUT2D eigenvalue weighted by Crippen LogP contribution is 2.31. The lowest BCUT2D eigenvalue weighted by molar-refractivity contribution is 0.230. The van der Waals surface area contributed by atoms with E-state index in [0.29, 0.717) is 25.9 Å². The van der Waals surface area contributed by atoms with Gasteiger partial charge in [0.2, 0.25) is 10.0 Å². The summed E-state index contributed by atoms with van der Waals surface area (Å²) in [4.78, 5) is 0. The lowest BCUT2D eigenvalue weighted by Gasteiger charge is -2.37. The van der Waals surface area contributed by atoms with Gasteiger partial charge < -0.3 is 10.9 Å². The monoisotopic (exact) mass is 235 g/mol. The van der Waals surface area contributed by atoms with Gasteiger partial charge in [0.15, 0.2) is 0 Å². The van der Waals surface area contributed by atoms with Crippen LogP contribution in [0, 0.1) is 5.41 Å². The smallest absolute Gasteiger partial charge is 0.211 e. The fraction of sp³-hybridized carbons (Fsp3) is 0.875. The van der Waals surface area contributed by atoms with E-state index in [1.807, 2.05) is 6.92 Å². The van der Waals surface area contributed by atoms with Crippen molar-refractivity contribution in [2.45, 2.75) is 19.8 Å². The van der Waals surface area contributed by atoms with E-state index in [4.69, 9.17) is 10.9 Å². The molecular weight excluding hydrogens is 218 g/mol. The van der Waals surface area contributed by atoms with E-state index in [0.717, 1.165) is 0 Å². The third-order valence-electron chi connectivity index (χ3n) is 3.02. The van der Waals surface area contributed by atoms with Gasteiger partial charge in [-0.2, -0.15) is 0 Å². The molecule has 0 amide bonds. The zero-order chi connectivity index (χ0) is 11.7. The van der Waals surface area contributed by atoms with Crippen molar-refractivity contribution in [1.29, 1.82) is 0 Å². The van der Waals surface area contributed by atoms with Gasteiger partial charge in [0.05, 0.1) is 6.26 Å². The Balaban J connectivity index is 2.72. The van der Waals surface area contributed by atoms with Crippen molar-refractivity contribution in [3.63, 3.8) is 0 Å². The van der Waals surface area contributed by atoms with Gasteiger partial charge in [0.1, 0.15) is 5.84 Å². The maximum Gasteiger partial charge on any atom is 0.211 e. The predicted molar refractivity (Wildman–Crippen MR) is 57.2 cm³/mol. The van der Waals surface area contributed by atoms with Crippen molar-refractivity contribution >= 4 is 15.9 Å². The first-order valence-electron chi connectivity index (χ1n) is 4.73. The minimum absolute atomic E-state index is 0.177. The van der Waals surface area contributed by atoms with Crippen LogP contribution in [0.3, 0.4) is 0 Å². The van der Waals surface area contributed by atoms with Crippen LogP contribution in [0.1, 0.15) is 19.8 Å². The van der Waals surface area contributed by atoms with Gasteiger partial charge in [-0.25, -0.2) is 12.7 Å². The summed E-state index contributed by atoms with van der Waals surface area (Å²) in [6.07, 6.45) is 2.35. The van der Waals surface area contributed by atoms with Gasteiger partial charge in [-0.15, -0.1) is 0 Å². The largest absolute Gasteiger partial charge is 0.409 e. The predicted octanol–water partition coefficient (Wildman–Crippen LogP) is -0.205. The molecule has 0 saturated carbocycles. The van der Waals surface area contributed by atoms with Gasteiger partial charge in [-0.3, -0.25) is 0 Å². The molecule has 7 heteroatoms. The highest BCUT2D eigenvalue weighted by molar-refractivity contribution is 7.88. The number of hydrogen-bond acceptors (Lipinski definition) is 4. The number of hydrogen-bond donors (Lipinski definition) is 2. The normalized spacial score (nSPS) is 24.0. The number of sulfonamides is 1. The number of rotatable bonds is 2. The Bertz CT molecular complexity index is 355. The van der Waals surface area contributed by atoms with Gasteiger partial charge in [-0.05, 0) is 12.8 Å². The molecule has 1 heterocycles. The molecule has 15 heavy (non-hydrogen) atoms. The summed E-state index contributed by atoms with van der Waals surface area (Å²) in [5.74, 6) is 0.177. The molecule has 0 aliphatic carbocycles. The third-order valence-corrected chi connectivity index (χ3v) is 4.32. The van der Waals surface area contributed by atoms with Crippen LogP contribution in [0.15, 0.2) is 5.16 Å². The summed E-state index contributed by atoms with van der Waals surface area (Å²) >= 11 is 0. The second kappa shape index (κ2) is 3.97. The van der Waals surface area contributed by atoms with E-state index in [2.05, 4.69) is 5.16 Å². The molecule has 0 aromatic heterocycles. The quantitative estimate of drug-likeness (QED) is 0.300. The molecule has 88 valence electrons. The molecule has 6 nitrogen and oxygen atoms in total. The Morgan fingerprint density at radius 1 is 1.47 bits per heavy atom. The van der Waals surface area contributed by atoms with Crippen LogP contribution in [0.25, 0.3) is 0 Å². The molecule has 1 aliphatic rings. The molecule has 1 saturated heterocycles. The van der Waals surface area contributed by atoms with E-state index < -0.39 is 15.4 Å². The molecule has 0 spiro atoms. The van der Waals surface area contributed by atoms with Crippen molar-refractivity contribution in [3.05, 3.63) is 0 Å². The van der Waals surface area contributed by atoms with Crippen LogP contribution >= 0.6 is 0 Å². The second-order valence-corrected chi connectivity index (χ2v) is 6.19. The lowest BCUT2D eigenvalue weighted by Crippen LogP contribution is -2.47. The average Bonchev–Trinajstić information content (AvgIpc) is 2.15. The van der Waals surface area contributed by atoms with Gasteiger partial charge in [0.25, 0.3) is 0 Å². The maximum absolute atomic E-state index is 11.3. The summed E-state index contributed by atoms with van der Waals surface area (Å²) in [6.45, 7) is 2.72. The van der Waals surface area contributed by atoms with Crippen LogP contribution in [0.2, 0.25) is 0 Å². The van der Waals surface area contributed by atoms with Crippen molar-refractivity contribution in [2.75, 3.05) is 19.3 Å². The summed E-state index contributed by atoms with van der Waals surface area (Å²) in [7, 11) is -3.12. The first-order valence-corrected chi connectivity index (χ1v) is 6.57. The summed E-state index contributed by atoms with van der Waals surface area (Å²) in [6, 6.07) is 0. The molecule has 1 rings (SSSR count). The Morgan fingerprint density at radius 3 is 2.27 bits per heavy atom. The molecule has 0 unspecified atom stereocenters. The summed E-state index contributed by atoms with van der Waals surface area (Å²) in [5.41, 5.74) is 5.18. The molecule has 0 radical (unpaired) electrons. The molecule has 0 aromatic rings. The van der Waals surface area contributed by atoms with E-state index in [9.17, 15) is 8.42 Å². The average molecular weight is 235 g/mol. The van der Waals surface area contributed by atoms with E-state index in [1.54, 1.807) is 0 Å². The van der Waals surface area contributed by atoms with Crippen LogP contribution in [-0.4, -0.2) is 43.1 Å². The number of nitrogens with two attached hydrogens (primary N) is 1. The number of oxime groups is 1. The van der Waals surface area contributed by atoms with E-state index >= 15 is 0 Å². The number of nitrogens with zero attached hydrogens (tertiary/aromatic N) is 2. The fourth-order valence-electron chi connectivity index (χ4n) is 1.69. The van der Waals surface area contributed by atoms with Crippen LogP contribution < -0.4 is 5.73 Å². The summed E-state index contributed by atoms with van der Waals surface area (Å²) in [5, 5.41) is 11.6.